The van der Waals surface area contributed by atoms with E-state index in [0.717, 1.165) is 16.1 Å². The van der Waals surface area contributed by atoms with E-state index in [-0.39, 0.29) is 18.4 Å². The third-order valence-electron chi connectivity index (χ3n) is 5.74. The smallest absolute Gasteiger partial charge is 0.244 e. The average molecular weight is 557 g/mol. The monoisotopic (exact) mass is 555 g/mol. The molecule has 0 heterocycles. The highest BCUT2D eigenvalue weighted by atomic mass is 35.5. The minimum absolute atomic E-state index is 0.0207. The highest BCUT2D eigenvalue weighted by molar-refractivity contribution is 7.92. The van der Waals surface area contributed by atoms with Crippen molar-refractivity contribution in [3.63, 3.8) is 0 Å². The summed E-state index contributed by atoms with van der Waals surface area (Å²) < 4.78 is 26.7. The van der Waals surface area contributed by atoms with Crippen molar-refractivity contribution in [2.24, 2.45) is 5.92 Å². The van der Waals surface area contributed by atoms with E-state index in [0.29, 0.717) is 39.8 Å². The fraction of sp³-hybridized carbons (Fsp3) is 0.462. The lowest BCUT2D eigenvalue weighted by Gasteiger charge is -2.33. The van der Waals surface area contributed by atoms with Crippen LogP contribution in [0, 0.1) is 19.8 Å². The largest absolute Gasteiger partial charge is 0.354 e. The number of hydrogen-bond donors (Lipinski definition) is 1. The molecular weight excluding hydrogens is 521 g/mol. The standard InChI is InChI=1S/C26H35Cl2N3O4S/c1-7-23(26(33)29-14-17(2)3)30(15-20-10-11-21(27)13-22(20)28)25(32)16-31(36(6,34)35)24-12-18(4)8-9-19(24)5/h8-13,17,23H,7,14-16H2,1-6H3,(H,29,33). The summed E-state index contributed by atoms with van der Waals surface area (Å²) in [5, 5.41) is 3.69. The molecule has 7 nitrogen and oxygen atoms in total. The van der Waals surface area contributed by atoms with Gasteiger partial charge in [0.1, 0.15) is 12.6 Å². The van der Waals surface area contributed by atoms with Gasteiger partial charge in [0, 0.05) is 23.1 Å². The van der Waals surface area contributed by atoms with E-state index in [2.05, 4.69) is 5.32 Å². The number of aryl methyl sites for hydroxylation is 2. The molecule has 10 heteroatoms. The first-order valence-electron chi connectivity index (χ1n) is 11.8. The number of carbonyl (C=O) groups excluding carboxylic acids is 2. The van der Waals surface area contributed by atoms with Gasteiger partial charge < -0.3 is 10.2 Å². The molecule has 0 bridgehead atoms. The van der Waals surface area contributed by atoms with Crippen LogP contribution in [0.25, 0.3) is 0 Å². The van der Waals surface area contributed by atoms with E-state index in [1.165, 1.54) is 4.90 Å². The quantitative estimate of drug-likeness (QED) is 0.424. The lowest BCUT2D eigenvalue weighted by Crippen LogP contribution is -2.52. The zero-order valence-electron chi connectivity index (χ0n) is 21.6. The summed E-state index contributed by atoms with van der Waals surface area (Å²) in [5.74, 6) is -0.590. The molecule has 2 rings (SSSR count). The number of sulfonamides is 1. The van der Waals surface area contributed by atoms with Crippen LogP contribution in [0.15, 0.2) is 36.4 Å². The first-order chi connectivity index (χ1) is 16.7. The van der Waals surface area contributed by atoms with Crippen molar-refractivity contribution in [2.75, 3.05) is 23.7 Å². The first kappa shape index (κ1) is 29.9. The summed E-state index contributed by atoms with van der Waals surface area (Å²) in [7, 11) is -3.80. The van der Waals surface area contributed by atoms with Crippen molar-refractivity contribution in [1.29, 1.82) is 0 Å². The number of benzene rings is 2. The van der Waals surface area contributed by atoms with E-state index in [4.69, 9.17) is 23.2 Å². The van der Waals surface area contributed by atoms with Gasteiger partial charge in [0.25, 0.3) is 0 Å². The molecule has 0 aliphatic rings. The van der Waals surface area contributed by atoms with Crippen molar-refractivity contribution in [3.8, 4) is 0 Å². The van der Waals surface area contributed by atoms with Crippen LogP contribution in [0.1, 0.15) is 43.9 Å². The Balaban J connectivity index is 2.50. The zero-order chi connectivity index (χ0) is 27.2. The van der Waals surface area contributed by atoms with Gasteiger partial charge >= 0.3 is 0 Å². The maximum atomic E-state index is 13.8. The van der Waals surface area contributed by atoms with E-state index >= 15 is 0 Å². The van der Waals surface area contributed by atoms with Crippen LogP contribution in [0.4, 0.5) is 5.69 Å². The number of hydrogen-bond acceptors (Lipinski definition) is 4. The third-order valence-corrected chi connectivity index (χ3v) is 7.45. The lowest BCUT2D eigenvalue weighted by atomic mass is 10.1. The molecule has 0 aliphatic carbocycles. The highest BCUT2D eigenvalue weighted by Crippen LogP contribution is 2.26. The number of amides is 2. The second-order valence-corrected chi connectivity index (χ2v) is 12.1. The Morgan fingerprint density at radius 2 is 1.72 bits per heavy atom. The predicted molar refractivity (Wildman–Crippen MR) is 147 cm³/mol. The first-order valence-corrected chi connectivity index (χ1v) is 14.4. The molecule has 198 valence electrons. The Morgan fingerprint density at radius 3 is 2.28 bits per heavy atom. The second kappa shape index (κ2) is 12.8. The van der Waals surface area contributed by atoms with Crippen LogP contribution >= 0.6 is 23.2 Å². The average Bonchev–Trinajstić information content (AvgIpc) is 2.78. The van der Waals surface area contributed by atoms with Crippen LogP contribution in [-0.4, -0.2) is 50.5 Å². The summed E-state index contributed by atoms with van der Waals surface area (Å²) in [6.45, 7) is 9.43. The molecule has 2 aromatic carbocycles. The number of halogens is 2. The Labute approximate surface area is 224 Å². The van der Waals surface area contributed by atoms with E-state index in [9.17, 15) is 18.0 Å². The van der Waals surface area contributed by atoms with Crippen LogP contribution in [0.2, 0.25) is 10.0 Å². The Bertz CT molecular complexity index is 1200. The minimum Gasteiger partial charge on any atom is -0.354 e. The van der Waals surface area contributed by atoms with Gasteiger partial charge in [-0.3, -0.25) is 13.9 Å². The molecule has 0 aromatic heterocycles. The summed E-state index contributed by atoms with van der Waals surface area (Å²) in [4.78, 5) is 28.3. The normalized spacial score (nSPS) is 12.4. The van der Waals surface area contributed by atoms with E-state index in [1.807, 2.05) is 39.8 Å². The van der Waals surface area contributed by atoms with Gasteiger partial charge in [-0.05, 0) is 61.1 Å². The molecule has 0 fully saturated rings. The molecule has 0 saturated heterocycles. The van der Waals surface area contributed by atoms with E-state index in [1.54, 1.807) is 31.2 Å². The maximum absolute atomic E-state index is 13.8. The number of rotatable bonds is 11. The topological polar surface area (TPSA) is 86.8 Å². The number of carbonyl (C=O) groups is 2. The summed E-state index contributed by atoms with van der Waals surface area (Å²) in [6.07, 6.45) is 1.40. The highest BCUT2D eigenvalue weighted by Gasteiger charge is 2.32. The molecule has 2 amide bonds. The van der Waals surface area contributed by atoms with Crippen molar-refractivity contribution in [3.05, 3.63) is 63.1 Å². The second-order valence-electron chi connectivity index (χ2n) is 9.38. The molecule has 36 heavy (non-hydrogen) atoms. The van der Waals surface area contributed by atoms with Gasteiger partial charge in [-0.15, -0.1) is 0 Å². The molecule has 2 aromatic rings. The molecule has 1 unspecified atom stereocenters. The molecular formula is C26H35Cl2N3O4S. The SMILES string of the molecule is CCC(C(=O)NCC(C)C)N(Cc1ccc(Cl)cc1Cl)C(=O)CN(c1cc(C)ccc1C)S(C)(=O)=O. The molecule has 0 aliphatic heterocycles. The van der Waals surface area contributed by atoms with Crippen molar-refractivity contribution < 1.29 is 18.0 Å². The van der Waals surface area contributed by atoms with Crippen LogP contribution < -0.4 is 9.62 Å². The molecule has 0 radical (unpaired) electrons. The molecule has 0 saturated carbocycles. The predicted octanol–water partition coefficient (Wildman–Crippen LogP) is 4.96. The van der Waals surface area contributed by atoms with Crippen molar-refractivity contribution in [1.82, 2.24) is 10.2 Å². The number of nitrogens with one attached hydrogen (secondary N) is 1. The Kier molecular flexibility index (Phi) is 10.6. The lowest BCUT2D eigenvalue weighted by molar-refractivity contribution is -0.140. The molecule has 1 N–H and O–H groups in total. The van der Waals surface area contributed by atoms with Crippen molar-refractivity contribution >= 4 is 50.7 Å². The number of anilines is 1. The Morgan fingerprint density at radius 1 is 1.06 bits per heavy atom. The molecule has 1 atom stereocenters. The van der Waals surface area contributed by atoms with Crippen LogP contribution in [0.5, 0.6) is 0 Å². The van der Waals surface area contributed by atoms with E-state index < -0.39 is 28.5 Å². The fourth-order valence-electron chi connectivity index (χ4n) is 3.76. The van der Waals surface area contributed by atoms with Crippen LogP contribution in [-0.2, 0) is 26.2 Å². The van der Waals surface area contributed by atoms with Gasteiger partial charge in [0.2, 0.25) is 21.8 Å². The van der Waals surface area contributed by atoms with Gasteiger partial charge in [0.15, 0.2) is 0 Å². The van der Waals surface area contributed by atoms with Gasteiger partial charge in [-0.2, -0.15) is 0 Å². The summed E-state index contributed by atoms with van der Waals surface area (Å²) in [5.41, 5.74) is 2.60. The fourth-order valence-corrected chi connectivity index (χ4v) is 5.13. The van der Waals surface area contributed by atoms with Crippen LogP contribution in [0.3, 0.4) is 0 Å². The minimum atomic E-state index is -3.80. The maximum Gasteiger partial charge on any atom is 0.244 e. The summed E-state index contributed by atoms with van der Waals surface area (Å²) in [6, 6.07) is 9.53. The molecule has 0 spiro atoms. The zero-order valence-corrected chi connectivity index (χ0v) is 24.0. The van der Waals surface area contributed by atoms with Gasteiger partial charge in [0.05, 0.1) is 11.9 Å². The Hall–Kier alpha value is -2.29. The summed E-state index contributed by atoms with van der Waals surface area (Å²) >= 11 is 12.4. The van der Waals surface area contributed by atoms with Gasteiger partial charge in [-0.1, -0.05) is 62.2 Å². The van der Waals surface area contributed by atoms with Gasteiger partial charge in [-0.25, -0.2) is 8.42 Å². The van der Waals surface area contributed by atoms with Crippen molar-refractivity contribution in [2.45, 2.75) is 53.6 Å². The number of nitrogens with zero attached hydrogens (tertiary/aromatic N) is 2. The third kappa shape index (κ3) is 8.11.